The predicted octanol–water partition coefficient (Wildman–Crippen LogP) is 4.02. The van der Waals surface area contributed by atoms with E-state index in [-0.39, 0.29) is 53.3 Å². The van der Waals surface area contributed by atoms with Gasteiger partial charge < -0.3 is 28.8 Å². The van der Waals surface area contributed by atoms with Crippen LogP contribution in [0.4, 0.5) is 4.79 Å². The van der Waals surface area contributed by atoms with Gasteiger partial charge in [-0.2, -0.15) is 0 Å². The Morgan fingerprint density at radius 1 is 1.31 bits per heavy atom. The van der Waals surface area contributed by atoms with Crippen LogP contribution in [0.2, 0.25) is 18.1 Å². The van der Waals surface area contributed by atoms with Crippen LogP contribution in [0.15, 0.2) is 23.9 Å². The zero-order chi connectivity index (χ0) is 27.0. The first-order valence-electron chi connectivity index (χ1n) is 12.7. The van der Waals surface area contributed by atoms with Gasteiger partial charge in [-0.25, -0.2) is 9.59 Å². The van der Waals surface area contributed by atoms with Crippen molar-refractivity contribution in [3.8, 4) is 0 Å². The van der Waals surface area contributed by atoms with E-state index < -0.39 is 20.4 Å². The number of methoxy groups -OCH3 is 1. The molecule has 0 saturated carbocycles. The summed E-state index contributed by atoms with van der Waals surface area (Å²) in [4.78, 5) is 41.0. The second-order valence-electron chi connectivity index (χ2n) is 11.8. The van der Waals surface area contributed by atoms with E-state index in [1.165, 1.54) is 11.0 Å². The van der Waals surface area contributed by atoms with Gasteiger partial charge in [0, 0.05) is 13.7 Å². The van der Waals surface area contributed by atoms with Gasteiger partial charge in [0.2, 0.25) is 5.91 Å². The van der Waals surface area contributed by atoms with E-state index in [1.807, 2.05) is 6.92 Å². The van der Waals surface area contributed by atoms with Gasteiger partial charge in [0.05, 0.1) is 30.7 Å². The third-order valence-electron chi connectivity index (χ3n) is 8.25. The second-order valence-corrected chi connectivity index (χ2v) is 16.5. The summed E-state index contributed by atoms with van der Waals surface area (Å²) < 4.78 is 17.1. The van der Waals surface area contributed by atoms with Crippen molar-refractivity contribution in [2.24, 2.45) is 11.8 Å². The van der Waals surface area contributed by atoms with Gasteiger partial charge in [-0.05, 0) is 55.8 Å². The van der Waals surface area contributed by atoms with Gasteiger partial charge in [0.15, 0.2) is 8.32 Å². The minimum Gasteiger partial charge on any atom is -0.477 e. The zero-order valence-electron chi connectivity index (χ0n) is 22.7. The first-order valence-corrected chi connectivity index (χ1v) is 15.6. The maximum absolute atomic E-state index is 13.2. The van der Waals surface area contributed by atoms with Crippen molar-refractivity contribution in [2.75, 3.05) is 26.9 Å². The molecule has 0 aliphatic carbocycles. The fourth-order valence-electron chi connectivity index (χ4n) is 5.54. The number of ether oxygens (including phenoxy) is 2. The Hall–Kier alpha value is -2.17. The molecule has 0 aromatic heterocycles. The molecule has 2 fully saturated rings. The van der Waals surface area contributed by atoms with Crippen LogP contribution in [0.25, 0.3) is 0 Å². The lowest BCUT2D eigenvalue weighted by molar-refractivity contribution is -0.160. The highest BCUT2D eigenvalue weighted by atomic mass is 28.4. The van der Waals surface area contributed by atoms with E-state index in [4.69, 9.17) is 13.9 Å². The lowest BCUT2D eigenvalue weighted by atomic mass is 9.82. The Morgan fingerprint density at radius 3 is 2.53 bits per heavy atom. The minimum absolute atomic E-state index is 0.0129. The Labute approximate surface area is 215 Å². The van der Waals surface area contributed by atoms with Gasteiger partial charge in [0.1, 0.15) is 12.3 Å². The van der Waals surface area contributed by atoms with Gasteiger partial charge in [-0.15, -0.1) is 0 Å². The molecule has 0 radical (unpaired) electrons. The van der Waals surface area contributed by atoms with E-state index >= 15 is 0 Å². The van der Waals surface area contributed by atoms with Crippen LogP contribution in [0.1, 0.15) is 47.0 Å². The van der Waals surface area contributed by atoms with Gasteiger partial charge in [-0.1, -0.05) is 33.4 Å². The molecule has 9 nitrogen and oxygen atoms in total. The lowest BCUT2D eigenvalue weighted by Crippen LogP contribution is -2.63. The van der Waals surface area contributed by atoms with Crippen molar-refractivity contribution in [2.45, 2.75) is 83.3 Å². The highest BCUT2D eigenvalue weighted by Gasteiger charge is 2.58. The summed E-state index contributed by atoms with van der Waals surface area (Å²) in [6.07, 6.45) is 2.54. The molecule has 0 spiro atoms. The molecule has 3 aliphatic rings. The first kappa shape index (κ1) is 28.4. The minimum atomic E-state index is -2.08. The van der Waals surface area contributed by atoms with Crippen LogP contribution in [0.3, 0.4) is 0 Å². The topological polar surface area (TPSA) is 106 Å². The summed E-state index contributed by atoms with van der Waals surface area (Å²) >= 11 is 0. The molecule has 0 bridgehead atoms. The van der Waals surface area contributed by atoms with Crippen molar-refractivity contribution < 1.29 is 33.4 Å². The van der Waals surface area contributed by atoms with Gasteiger partial charge in [-0.3, -0.25) is 4.79 Å². The molecule has 0 aromatic carbocycles. The van der Waals surface area contributed by atoms with Crippen LogP contribution in [-0.4, -0.2) is 86.2 Å². The summed E-state index contributed by atoms with van der Waals surface area (Å²) in [5.74, 6) is -1.54. The SMILES string of the molecule is C=CCOC(=O)N1CC(CC2=C(C(=O)O)N3C(=O)[C@H]([C@@H](C)O[Si](C)(C)C(C)(C)C)[C@H]3C2)C[C@H]1COC. The van der Waals surface area contributed by atoms with Gasteiger partial charge in [0.25, 0.3) is 0 Å². The van der Waals surface area contributed by atoms with Crippen LogP contribution in [-0.2, 0) is 23.5 Å². The molecule has 1 N–H and O–H groups in total. The first-order chi connectivity index (χ1) is 16.7. The molecule has 2 amide bonds. The number of fused-ring (bicyclic) bond motifs is 1. The number of carboxylic acid groups (broad SMARTS) is 1. The summed E-state index contributed by atoms with van der Waals surface area (Å²) in [6.45, 7) is 17.3. The molecule has 1 unspecified atom stereocenters. The summed E-state index contributed by atoms with van der Waals surface area (Å²) in [7, 11) is -0.494. The van der Waals surface area contributed by atoms with E-state index in [9.17, 15) is 19.5 Å². The van der Waals surface area contributed by atoms with Crippen molar-refractivity contribution in [1.29, 1.82) is 0 Å². The molecule has 10 heteroatoms. The molecular weight excluding hydrogens is 480 g/mol. The summed E-state index contributed by atoms with van der Waals surface area (Å²) in [5.41, 5.74) is 0.877. The predicted molar refractivity (Wildman–Crippen MR) is 138 cm³/mol. The van der Waals surface area contributed by atoms with Crippen molar-refractivity contribution in [3.05, 3.63) is 23.9 Å². The largest absolute Gasteiger partial charge is 0.477 e. The molecular formula is C26H42N2O7Si. The molecule has 5 atom stereocenters. The van der Waals surface area contributed by atoms with E-state index in [0.717, 1.165) is 5.57 Å². The Balaban J connectivity index is 1.73. The number of likely N-dealkylation sites (tertiary alicyclic amines) is 1. The fourth-order valence-corrected chi connectivity index (χ4v) is 6.97. The van der Waals surface area contributed by atoms with Crippen molar-refractivity contribution in [3.63, 3.8) is 0 Å². The number of carbonyl (C=O) groups excluding carboxylic acids is 2. The number of β-lactam (4-membered cyclic amide) rings is 1. The molecule has 0 aromatic rings. The normalized spacial score (nSPS) is 27.1. The van der Waals surface area contributed by atoms with Crippen LogP contribution in [0.5, 0.6) is 0 Å². The van der Waals surface area contributed by atoms with Crippen LogP contribution < -0.4 is 0 Å². The van der Waals surface area contributed by atoms with Crippen molar-refractivity contribution >= 4 is 26.3 Å². The van der Waals surface area contributed by atoms with Crippen molar-refractivity contribution in [1.82, 2.24) is 9.80 Å². The number of hydrogen-bond donors (Lipinski definition) is 1. The number of amides is 2. The molecule has 36 heavy (non-hydrogen) atoms. The number of carbonyl (C=O) groups is 3. The summed E-state index contributed by atoms with van der Waals surface area (Å²) in [6, 6.07) is -0.333. The number of aliphatic carboxylic acids is 1. The maximum Gasteiger partial charge on any atom is 0.410 e. The monoisotopic (exact) mass is 522 g/mol. The Kier molecular flexibility index (Phi) is 8.42. The van der Waals surface area contributed by atoms with Crippen LogP contribution >= 0.6 is 0 Å². The second kappa shape index (κ2) is 10.7. The third-order valence-corrected chi connectivity index (χ3v) is 12.8. The molecule has 2 saturated heterocycles. The van der Waals surface area contributed by atoms with Gasteiger partial charge >= 0.3 is 12.1 Å². The average Bonchev–Trinajstić information content (AvgIpc) is 3.30. The Morgan fingerprint density at radius 2 is 1.97 bits per heavy atom. The fraction of sp³-hybridized carbons (Fsp3) is 0.731. The number of hydrogen-bond acceptors (Lipinski definition) is 6. The highest BCUT2D eigenvalue weighted by molar-refractivity contribution is 6.74. The highest BCUT2D eigenvalue weighted by Crippen LogP contribution is 2.48. The standard InChI is InChI=1S/C26H42N2O7Si/c1-9-10-34-25(32)27-14-17(12-19(27)15-33-6)11-18-13-20-21(23(29)28(20)22(18)24(30)31)16(2)35-36(7,8)26(3,4)5/h9,16-17,19-21H,1,10-15H2,2-8H3,(H,30,31)/t16-,17?,19+,20-,21-/m1/s1. The molecule has 3 heterocycles. The maximum atomic E-state index is 13.2. The third kappa shape index (κ3) is 5.40. The number of nitrogens with zero attached hydrogens (tertiary/aromatic N) is 2. The molecule has 202 valence electrons. The lowest BCUT2D eigenvalue weighted by Gasteiger charge is -2.48. The molecule has 3 aliphatic heterocycles. The molecule has 3 rings (SSSR count). The number of rotatable bonds is 10. The van der Waals surface area contributed by atoms with Crippen LogP contribution in [0, 0.1) is 11.8 Å². The zero-order valence-corrected chi connectivity index (χ0v) is 23.7. The van der Waals surface area contributed by atoms with E-state index in [1.54, 1.807) is 12.0 Å². The Bertz CT molecular complexity index is 926. The number of carboxylic acids is 1. The van der Waals surface area contributed by atoms with E-state index in [2.05, 4.69) is 40.4 Å². The van der Waals surface area contributed by atoms with E-state index in [0.29, 0.717) is 32.4 Å². The average molecular weight is 523 g/mol. The summed E-state index contributed by atoms with van der Waals surface area (Å²) in [5, 5.41) is 10.0. The quantitative estimate of drug-likeness (QED) is 0.262. The smallest absolute Gasteiger partial charge is 0.410 e.